The van der Waals surface area contributed by atoms with Gasteiger partial charge in [0.15, 0.2) is 17.7 Å². The minimum Gasteiger partial charge on any atom is -0.476 e. The normalized spacial score (nSPS) is 12.0. The van der Waals surface area contributed by atoms with Gasteiger partial charge in [-0.25, -0.2) is 9.18 Å². The van der Waals surface area contributed by atoms with E-state index in [1.807, 2.05) is 0 Å². The van der Waals surface area contributed by atoms with Gasteiger partial charge in [0.2, 0.25) is 0 Å². The van der Waals surface area contributed by atoms with Crippen molar-refractivity contribution < 1.29 is 18.7 Å². The summed E-state index contributed by atoms with van der Waals surface area (Å²) in [5.41, 5.74) is 0.800. The minimum absolute atomic E-state index is 0.0613. The van der Waals surface area contributed by atoms with Crippen LogP contribution in [0.25, 0.3) is 0 Å². The Morgan fingerprint density at radius 2 is 2.19 bits per heavy atom. The molecule has 0 fully saturated rings. The molecule has 88 valence electrons. The van der Waals surface area contributed by atoms with E-state index in [1.165, 1.54) is 19.1 Å². The fraction of sp³-hybridized carbons (Fsp3) is 0.417. The van der Waals surface area contributed by atoms with Crippen molar-refractivity contribution in [3.63, 3.8) is 0 Å². The molecular formula is C12H15FO3. The number of benzene rings is 1. The molecule has 0 aliphatic rings. The smallest absolute Gasteiger partial charge is 0.347 e. The standard InChI is InChI=1S/C12H15FO3/c1-4-15-12(14)9(3)16-11-6-5-8(2)7-10(11)13/h5-7,9H,4H2,1-3H3. The molecule has 0 heterocycles. The van der Waals surface area contributed by atoms with Gasteiger partial charge in [-0.1, -0.05) is 6.07 Å². The Balaban J connectivity index is 2.69. The molecule has 1 aromatic carbocycles. The van der Waals surface area contributed by atoms with Crippen molar-refractivity contribution in [2.45, 2.75) is 26.9 Å². The van der Waals surface area contributed by atoms with Crippen molar-refractivity contribution >= 4 is 5.97 Å². The second kappa shape index (κ2) is 5.49. The lowest BCUT2D eigenvalue weighted by Crippen LogP contribution is -2.26. The lowest BCUT2D eigenvalue weighted by molar-refractivity contribution is -0.150. The molecule has 0 aliphatic carbocycles. The number of rotatable bonds is 4. The van der Waals surface area contributed by atoms with Crippen LogP contribution in [0.2, 0.25) is 0 Å². The van der Waals surface area contributed by atoms with E-state index >= 15 is 0 Å². The number of aryl methyl sites for hydroxylation is 1. The van der Waals surface area contributed by atoms with Crippen molar-refractivity contribution in [2.75, 3.05) is 6.61 Å². The molecule has 1 rings (SSSR count). The van der Waals surface area contributed by atoms with Gasteiger partial charge >= 0.3 is 5.97 Å². The van der Waals surface area contributed by atoms with Gasteiger partial charge in [0, 0.05) is 0 Å². The van der Waals surface area contributed by atoms with E-state index in [2.05, 4.69) is 0 Å². The van der Waals surface area contributed by atoms with Gasteiger partial charge < -0.3 is 9.47 Å². The molecule has 0 N–H and O–H groups in total. The van der Waals surface area contributed by atoms with Gasteiger partial charge in [0.25, 0.3) is 0 Å². The van der Waals surface area contributed by atoms with Crippen molar-refractivity contribution in [3.8, 4) is 5.75 Å². The predicted molar refractivity (Wildman–Crippen MR) is 57.9 cm³/mol. The SMILES string of the molecule is CCOC(=O)C(C)Oc1ccc(C)cc1F. The Bertz CT molecular complexity index is 377. The molecule has 0 spiro atoms. The molecule has 4 heteroatoms. The maximum atomic E-state index is 13.4. The molecular weight excluding hydrogens is 211 g/mol. The number of hydrogen-bond donors (Lipinski definition) is 0. The van der Waals surface area contributed by atoms with Crippen LogP contribution in [0.1, 0.15) is 19.4 Å². The molecule has 0 saturated carbocycles. The lowest BCUT2D eigenvalue weighted by atomic mass is 10.2. The largest absolute Gasteiger partial charge is 0.476 e. The number of carbonyl (C=O) groups is 1. The van der Waals surface area contributed by atoms with Crippen LogP contribution in [0, 0.1) is 12.7 Å². The number of ether oxygens (including phenoxy) is 2. The number of carbonyl (C=O) groups excluding carboxylic acids is 1. The minimum atomic E-state index is -0.808. The van der Waals surface area contributed by atoms with Crippen molar-refractivity contribution in [3.05, 3.63) is 29.6 Å². The highest BCUT2D eigenvalue weighted by molar-refractivity contribution is 5.74. The maximum Gasteiger partial charge on any atom is 0.347 e. The molecule has 3 nitrogen and oxygen atoms in total. The summed E-state index contributed by atoms with van der Waals surface area (Å²) >= 11 is 0. The van der Waals surface area contributed by atoms with Gasteiger partial charge in [-0.15, -0.1) is 0 Å². The van der Waals surface area contributed by atoms with Gasteiger partial charge in [0.1, 0.15) is 0 Å². The van der Waals surface area contributed by atoms with E-state index in [4.69, 9.17) is 9.47 Å². The first-order valence-electron chi connectivity index (χ1n) is 5.14. The van der Waals surface area contributed by atoms with Crippen LogP contribution >= 0.6 is 0 Å². The molecule has 0 aromatic heterocycles. The van der Waals surface area contributed by atoms with Crippen LogP contribution in [-0.2, 0) is 9.53 Å². The first-order chi connectivity index (χ1) is 7.54. The summed E-state index contributed by atoms with van der Waals surface area (Å²) < 4.78 is 23.3. The highest BCUT2D eigenvalue weighted by atomic mass is 19.1. The zero-order chi connectivity index (χ0) is 12.1. The van der Waals surface area contributed by atoms with Crippen LogP contribution in [0.5, 0.6) is 5.75 Å². The van der Waals surface area contributed by atoms with Gasteiger partial charge in [0.05, 0.1) is 6.61 Å². The third-order valence-electron chi connectivity index (χ3n) is 2.01. The summed E-state index contributed by atoms with van der Waals surface area (Å²) in [5, 5.41) is 0. The molecule has 0 aliphatic heterocycles. The van der Waals surface area contributed by atoms with Crippen molar-refractivity contribution in [1.29, 1.82) is 0 Å². The maximum absolute atomic E-state index is 13.4. The van der Waals surface area contributed by atoms with Gasteiger partial charge in [-0.05, 0) is 38.5 Å². The third-order valence-corrected chi connectivity index (χ3v) is 2.01. The molecule has 16 heavy (non-hydrogen) atoms. The highest BCUT2D eigenvalue weighted by Crippen LogP contribution is 2.19. The Morgan fingerprint density at radius 3 is 2.75 bits per heavy atom. The number of hydrogen-bond acceptors (Lipinski definition) is 3. The summed E-state index contributed by atoms with van der Waals surface area (Å²) in [4.78, 5) is 11.3. The topological polar surface area (TPSA) is 35.5 Å². The lowest BCUT2D eigenvalue weighted by Gasteiger charge is -2.13. The second-order valence-electron chi connectivity index (χ2n) is 3.45. The Morgan fingerprint density at radius 1 is 1.50 bits per heavy atom. The Kier molecular flexibility index (Phi) is 4.28. The summed E-state index contributed by atoms with van der Waals surface area (Å²) in [7, 11) is 0. The van der Waals surface area contributed by atoms with E-state index in [1.54, 1.807) is 19.9 Å². The third kappa shape index (κ3) is 3.22. The summed E-state index contributed by atoms with van der Waals surface area (Å²) in [5.74, 6) is -0.912. The Labute approximate surface area is 94.2 Å². The van der Waals surface area contributed by atoms with Gasteiger partial charge in [-0.2, -0.15) is 0 Å². The van der Waals surface area contributed by atoms with Crippen LogP contribution in [-0.4, -0.2) is 18.7 Å². The summed E-state index contributed by atoms with van der Waals surface area (Å²) in [6.07, 6.45) is -0.808. The van der Waals surface area contributed by atoms with E-state index < -0.39 is 17.9 Å². The van der Waals surface area contributed by atoms with Crippen molar-refractivity contribution in [1.82, 2.24) is 0 Å². The number of halogens is 1. The first kappa shape index (κ1) is 12.5. The van der Waals surface area contributed by atoms with E-state index in [-0.39, 0.29) is 12.4 Å². The predicted octanol–water partition coefficient (Wildman–Crippen LogP) is 2.46. The average molecular weight is 226 g/mol. The first-order valence-corrected chi connectivity index (χ1v) is 5.14. The fourth-order valence-electron chi connectivity index (χ4n) is 1.20. The van der Waals surface area contributed by atoms with Crippen molar-refractivity contribution in [2.24, 2.45) is 0 Å². The molecule has 0 bridgehead atoms. The summed E-state index contributed by atoms with van der Waals surface area (Å²) in [6.45, 7) is 5.29. The monoisotopic (exact) mass is 226 g/mol. The molecule has 1 aromatic rings. The van der Waals surface area contributed by atoms with Crippen LogP contribution in [0.3, 0.4) is 0 Å². The summed E-state index contributed by atoms with van der Waals surface area (Å²) in [6, 6.07) is 4.57. The van der Waals surface area contributed by atoms with Crippen LogP contribution in [0.4, 0.5) is 4.39 Å². The molecule has 0 radical (unpaired) electrons. The highest BCUT2D eigenvalue weighted by Gasteiger charge is 2.17. The van der Waals surface area contributed by atoms with E-state index in [9.17, 15) is 9.18 Å². The quantitative estimate of drug-likeness (QED) is 0.740. The molecule has 0 saturated heterocycles. The van der Waals surface area contributed by atoms with Crippen LogP contribution in [0.15, 0.2) is 18.2 Å². The molecule has 1 unspecified atom stereocenters. The molecule has 1 atom stereocenters. The molecule has 0 amide bonds. The second-order valence-corrected chi connectivity index (χ2v) is 3.45. The zero-order valence-electron chi connectivity index (χ0n) is 9.62. The van der Waals surface area contributed by atoms with E-state index in [0.717, 1.165) is 5.56 Å². The van der Waals surface area contributed by atoms with Crippen LogP contribution < -0.4 is 4.74 Å². The van der Waals surface area contributed by atoms with Gasteiger partial charge in [-0.3, -0.25) is 0 Å². The fourth-order valence-corrected chi connectivity index (χ4v) is 1.20. The number of esters is 1. The average Bonchev–Trinajstić information content (AvgIpc) is 2.22. The van der Waals surface area contributed by atoms with E-state index in [0.29, 0.717) is 0 Å². The Hall–Kier alpha value is -1.58. The zero-order valence-corrected chi connectivity index (χ0v) is 9.62.